The second kappa shape index (κ2) is 8.57. The molecule has 1 atom stereocenters. The van der Waals surface area contributed by atoms with Gasteiger partial charge < -0.3 is 9.80 Å². The van der Waals surface area contributed by atoms with Gasteiger partial charge in [0.2, 0.25) is 11.8 Å². The monoisotopic (exact) mass is 377 g/mol. The first-order valence-corrected chi connectivity index (χ1v) is 10.1. The SMILES string of the molecule is O=C(C1CCCCN1Cc1ccccc1)N1CCN(c2ccccc2)C(=O)C1. The van der Waals surface area contributed by atoms with Crippen molar-refractivity contribution >= 4 is 17.5 Å². The Morgan fingerprint density at radius 2 is 1.61 bits per heavy atom. The van der Waals surface area contributed by atoms with E-state index in [0.29, 0.717) is 13.1 Å². The third kappa shape index (κ3) is 4.09. The van der Waals surface area contributed by atoms with Crippen molar-refractivity contribution in [1.29, 1.82) is 0 Å². The van der Waals surface area contributed by atoms with Gasteiger partial charge in [0.25, 0.3) is 0 Å². The summed E-state index contributed by atoms with van der Waals surface area (Å²) in [6.45, 7) is 3.04. The predicted molar refractivity (Wildman–Crippen MR) is 110 cm³/mol. The quantitative estimate of drug-likeness (QED) is 0.823. The lowest BCUT2D eigenvalue weighted by Gasteiger charge is -2.40. The molecule has 0 spiro atoms. The molecule has 1 unspecified atom stereocenters. The minimum atomic E-state index is -0.120. The number of carbonyl (C=O) groups excluding carboxylic acids is 2. The fourth-order valence-electron chi connectivity index (χ4n) is 4.23. The number of hydrogen-bond donors (Lipinski definition) is 0. The average molecular weight is 377 g/mol. The molecule has 2 aromatic rings. The Balaban J connectivity index is 1.42. The molecule has 0 aliphatic carbocycles. The Labute approximate surface area is 166 Å². The van der Waals surface area contributed by atoms with Crippen LogP contribution >= 0.6 is 0 Å². The summed E-state index contributed by atoms with van der Waals surface area (Å²) in [5.74, 6) is 0.105. The third-order valence-electron chi connectivity index (χ3n) is 5.73. The van der Waals surface area contributed by atoms with Gasteiger partial charge in [0.05, 0.1) is 6.04 Å². The molecular formula is C23H27N3O2. The summed E-state index contributed by atoms with van der Waals surface area (Å²) in [5, 5.41) is 0. The minimum Gasteiger partial charge on any atom is -0.330 e. The van der Waals surface area contributed by atoms with Gasteiger partial charge >= 0.3 is 0 Å². The molecular weight excluding hydrogens is 350 g/mol. The number of nitrogens with zero attached hydrogens (tertiary/aromatic N) is 3. The highest BCUT2D eigenvalue weighted by atomic mass is 16.2. The zero-order chi connectivity index (χ0) is 19.3. The zero-order valence-electron chi connectivity index (χ0n) is 16.2. The molecule has 0 N–H and O–H groups in total. The van der Waals surface area contributed by atoms with Gasteiger partial charge in [0, 0.05) is 25.3 Å². The fourth-order valence-corrected chi connectivity index (χ4v) is 4.23. The van der Waals surface area contributed by atoms with Gasteiger partial charge in [-0.2, -0.15) is 0 Å². The smallest absolute Gasteiger partial charge is 0.246 e. The molecule has 2 aliphatic heterocycles. The maximum absolute atomic E-state index is 13.3. The van der Waals surface area contributed by atoms with E-state index in [1.807, 2.05) is 48.5 Å². The van der Waals surface area contributed by atoms with Crippen molar-refractivity contribution in [3.63, 3.8) is 0 Å². The van der Waals surface area contributed by atoms with E-state index >= 15 is 0 Å². The minimum absolute atomic E-state index is 0.00350. The number of benzene rings is 2. The van der Waals surface area contributed by atoms with Crippen molar-refractivity contribution in [3.05, 3.63) is 66.2 Å². The highest BCUT2D eigenvalue weighted by molar-refractivity contribution is 5.98. The number of carbonyl (C=O) groups is 2. The molecule has 5 nitrogen and oxygen atoms in total. The number of piperidine rings is 1. The summed E-state index contributed by atoms with van der Waals surface area (Å²) in [6.07, 6.45) is 3.07. The first kappa shape index (κ1) is 18.7. The maximum atomic E-state index is 13.3. The van der Waals surface area contributed by atoms with Crippen molar-refractivity contribution in [2.45, 2.75) is 31.8 Å². The van der Waals surface area contributed by atoms with Crippen LogP contribution < -0.4 is 4.90 Å². The van der Waals surface area contributed by atoms with Crippen molar-refractivity contribution in [3.8, 4) is 0 Å². The van der Waals surface area contributed by atoms with Crippen LogP contribution in [0.3, 0.4) is 0 Å². The van der Waals surface area contributed by atoms with Crippen molar-refractivity contribution in [2.75, 3.05) is 31.1 Å². The predicted octanol–water partition coefficient (Wildman–Crippen LogP) is 2.92. The van der Waals surface area contributed by atoms with Crippen LogP contribution in [0.1, 0.15) is 24.8 Å². The van der Waals surface area contributed by atoms with Gasteiger partial charge in [-0.05, 0) is 37.1 Å². The first-order valence-electron chi connectivity index (χ1n) is 10.1. The summed E-state index contributed by atoms with van der Waals surface area (Å²) in [7, 11) is 0. The average Bonchev–Trinajstić information content (AvgIpc) is 2.75. The van der Waals surface area contributed by atoms with Crippen LogP contribution in [0, 0.1) is 0 Å². The lowest BCUT2D eigenvalue weighted by atomic mass is 9.99. The van der Waals surface area contributed by atoms with Gasteiger partial charge in [-0.15, -0.1) is 0 Å². The Morgan fingerprint density at radius 3 is 2.32 bits per heavy atom. The second-order valence-corrected chi connectivity index (χ2v) is 7.61. The zero-order valence-corrected chi connectivity index (χ0v) is 16.2. The molecule has 0 bridgehead atoms. The molecule has 0 aromatic heterocycles. The van der Waals surface area contributed by atoms with Crippen LogP contribution in [0.2, 0.25) is 0 Å². The van der Waals surface area contributed by atoms with Crippen LogP contribution in [0.4, 0.5) is 5.69 Å². The van der Waals surface area contributed by atoms with E-state index in [2.05, 4.69) is 17.0 Å². The number of rotatable bonds is 4. The van der Waals surface area contributed by atoms with Gasteiger partial charge in [0.1, 0.15) is 6.54 Å². The fraction of sp³-hybridized carbons (Fsp3) is 0.391. The van der Waals surface area contributed by atoms with Crippen molar-refractivity contribution < 1.29 is 9.59 Å². The Morgan fingerprint density at radius 1 is 0.893 bits per heavy atom. The number of anilines is 1. The summed E-state index contributed by atoms with van der Waals surface area (Å²) in [6, 6.07) is 19.9. The van der Waals surface area contributed by atoms with E-state index in [1.54, 1.807) is 9.80 Å². The largest absolute Gasteiger partial charge is 0.330 e. The van der Waals surface area contributed by atoms with Crippen molar-refractivity contribution in [2.24, 2.45) is 0 Å². The highest BCUT2D eigenvalue weighted by Crippen LogP contribution is 2.23. The third-order valence-corrected chi connectivity index (χ3v) is 5.73. The molecule has 146 valence electrons. The van der Waals surface area contributed by atoms with Crippen LogP contribution in [0.5, 0.6) is 0 Å². The first-order chi connectivity index (χ1) is 13.7. The number of para-hydroxylation sites is 1. The van der Waals surface area contributed by atoms with E-state index in [-0.39, 0.29) is 24.4 Å². The van der Waals surface area contributed by atoms with Crippen LogP contribution in [-0.2, 0) is 16.1 Å². The number of likely N-dealkylation sites (tertiary alicyclic amines) is 1. The maximum Gasteiger partial charge on any atom is 0.246 e. The van der Waals surface area contributed by atoms with Crippen molar-refractivity contribution in [1.82, 2.24) is 9.80 Å². The Kier molecular flexibility index (Phi) is 5.72. The van der Waals surface area contributed by atoms with E-state index < -0.39 is 0 Å². The molecule has 2 aromatic carbocycles. The van der Waals surface area contributed by atoms with Crippen LogP contribution in [0.15, 0.2) is 60.7 Å². The highest BCUT2D eigenvalue weighted by Gasteiger charge is 2.35. The molecule has 5 heteroatoms. The Bertz CT molecular complexity index is 809. The number of piperazine rings is 1. The summed E-state index contributed by atoms with van der Waals surface area (Å²) in [5.41, 5.74) is 2.13. The molecule has 4 rings (SSSR count). The molecule has 2 aliphatic rings. The molecule has 2 heterocycles. The summed E-state index contributed by atoms with van der Waals surface area (Å²) < 4.78 is 0. The molecule has 0 saturated carbocycles. The molecule has 28 heavy (non-hydrogen) atoms. The molecule has 2 fully saturated rings. The normalized spacial score (nSPS) is 21.0. The summed E-state index contributed by atoms with van der Waals surface area (Å²) in [4.78, 5) is 31.8. The molecule has 0 radical (unpaired) electrons. The van der Waals surface area contributed by atoms with E-state index in [4.69, 9.17) is 0 Å². The van der Waals surface area contributed by atoms with E-state index in [9.17, 15) is 9.59 Å². The van der Waals surface area contributed by atoms with E-state index in [1.165, 1.54) is 5.56 Å². The van der Waals surface area contributed by atoms with Gasteiger partial charge in [-0.25, -0.2) is 0 Å². The topological polar surface area (TPSA) is 43.9 Å². The van der Waals surface area contributed by atoms with Gasteiger partial charge in [-0.3, -0.25) is 14.5 Å². The molecule has 2 saturated heterocycles. The lowest BCUT2D eigenvalue weighted by Crippen LogP contribution is -2.57. The summed E-state index contributed by atoms with van der Waals surface area (Å²) >= 11 is 0. The van der Waals surface area contributed by atoms with Crippen LogP contribution in [0.25, 0.3) is 0 Å². The van der Waals surface area contributed by atoms with Gasteiger partial charge in [0.15, 0.2) is 0 Å². The second-order valence-electron chi connectivity index (χ2n) is 7.61. The standard InChI is InChI=1S/C23H27N3O2/c27-22-18-25(15-16-26(22)20-11-5-2-6-12-20)23(28)21-13-7-8-14-24(21)17-19-9-3-1-4-10-19/h1-6,9-12,21H,7-8,13-18H2. The van der Waals surface area contributed by atoms with E-state index in [0.717, 1.165) is 38.0 Å². The van der Waals surface area contributed by atoms with Crippen LogP contribution in [-0.4, -0.2) is 53.8 Å². The molecule has 2 amide bonds. The number of amides is 2. The Hall–Kier alpha value is -2.66. The lowest BCUT2D eigenvalue weighted by molar-refractivity contribution is -0.142. The van der Waals surface area contributed by atoms with Gasteiger partial charge in [-0.1, -0.05) is 55.0 Å². The number of hydrogen-bond acceptors (Lipinski definition) is 3.